The predicted molar refractivity (Wildman–Crippen MR) is 99.1 cm³/mol. The number of carboxylic acids is 1. The maximum absolute atomic E-state index is 12.7. The Morgan fingerprint density at radius 3 is 2.48 bits per heavy atom. The van der Waals surface area contributed by atoms with Crippen molar-refractivity contribution in [2.24, 2.45) is 5.92 Å². The Balaban J connectivity index is 1.90. The first kappa shape index (κ1) is 19.5. The molecule has 1 aromatic carbocycles. The molecule has 0 radical (unpaired) electrons. The van der Waals surface area contributed by atoms with Crippen molar-refractivity contribution >= 4 is 29.7 Å². The molecular formula is C17H22N4O5S. The molecule has 2 saturated heterocycles. The first-order chi connectivity index (χ1) is 12.8. The van der Waals surface area contributed by atoms with Gasteiger partial charge in [-0.15, -0.1) is 11.8 Å². The Kier molecular flexibility index (Phi) is 5.59. The number of carbonyl (C=O) groups excluding carboxylic acids is 2. The second kappa shape index (κ2) is 7.75. The lowest BCUT2D eigenvalue weighted by Crippen LogP contribution is -2.72. The van der Waals surface area contributed by atoms with E-state index in [0.29, 0.717) is 5.75 Å². The Morgan fingerprint density at radius 1 is 1.22 bits per heavy atom. The van der Waals surface area contributed by atoms with E-state index in [1.807, 2.05) is 24.3 Å². The number of amides is 3. The van der Waals surface area contributed by atoms with Crippen molar-refractivity contribution in [3.05, 3.63) is 29.8 Å². The van der Waals surface area contributed by atoms with Gasteiger partial charge in [-0.25, -0.2) is 4.79 Å². The van der Waals surface area contributed by atoms with Crippen LogP contribution in [0.15, 0.2) is 24.3 Å². The van der Waals surface area contributed by atoms with Crippen molar-refractivity contribution in [2.45, 2.75) is 17.7 Å². The van der Waals surface area contributed by atoms with Crippen LogP contribution >= 0.6 is 11.8 Å². The van der Waals surface area contributed by atoms with Gasteiger partial charge in [0.1, 0.15) is 5.75 Å². The molecule has 0 spiro atoms. The first-order valence-corrected chi connectivity index (χ1v) is 9.42. The molecule has 2 aliphatic heterocycles. The topological polar surface area (TPSA) is 111 Å². The lowest BCUT2D eigenvalue weighted by Gasteiger charge is -2.50. The summed E-state index contributed by atoms with van der Waals surface area (Å²) in [6, 6.07) is 6.99. The van der Waals surface area contributed by atoms with E-state index in [-0.39, 0.29) is 17.8 Å². The predicted octanol–water partition coefficient (Wildman–Crippen LogP) is 0.497. The number of aliphatic carboxylic acids is 1. The van der Waals surface area contributed by atoms with Gasteiger partial charge in [0.15, 0.2) is 0 Å². The molecular weight excluding hydrogens is 372 g/mol. The highest BCUT2D eigenvalue weighted by Crippen LogP contribution is 2.34. The third-order valence-corrected chi connectivity index (χ3v) is 5.99. The number of hydrogen-bond acceptors (Lipinski definition) is 7. The van der Waals surface area contributed by atoms with E-state index < -0.39 is 29.5 Å². The Hall–Kier alpha value is -2.30. The van der Waals surface area contributed by atoms with Gasteiger partial charge in [0, 0.05) is 14.1 Å². The molecule has 3 N–H and O–H groups in total. The standard InChI is InChI=1S/C17H22N4O5S/c1-20-14-12(16(24)21(2)17(20)25)15(27-8-11(22)23)19-13(18-14)9-4-6-10(26-3)7-5-9/h4-7,12-15,18-19H,8H2,1-3H3,(H,22,23). The third-order valence-electron chi connectivity index (χ3n) is 4.79. The van der Waals surface area contributed by atoms with Crippen LogP contribution in [0.3, 0.4) is 0 Å². The molecule has 0 saturated carbocycles. The number of imide groups is 1. The van der Waals surface area contributed by atoms with E-state index in [4.69, 9.17) is 9.84 Å². The van der Waals surface area contributed by atoms with Crippen LogP contribution in [0.4, 0.5) is 4.79 Å². The molecule has 4 unspecified atom stereocenters. The Morgan fingerprint density at radius 2 is 1.89 bits per heavy atom. The lowest BCUT2D eigenvalue weighted by atomic mass is 9.96. The minimum absolute atomic E-state index is 0.148. The number of hydrogen-bond donors (Lipinski definition) is 3. The van der Waals surface area contributed by atoms with Gasteiger partial charge in [-0.3, -0.25) is 25.1 Å². The van der Waals surface area contributed by atoms with E-state index in [1.165, 1.54) is 11.9 Å². The highest BCUT2D eigenvalue weighted by molar-refractivity contribution is 8.00. The van der Waals surface area contributed by atoms with Crippen LogP contribution in [0, 0.1) is 5.92 Å². The van der Waals surface area contributed by atoms with Crippen LogP contribution in [-0.4, -0.2) is 71.3 Å². The summed E-state index contributed by atoms with van der Waals surface area (Å²) in [7, 11) is 4.65. The summed E-state index contributed by atoms with van der Waals surface area (Å²) in [6.07, 6.45) is -0.893. The normalized spacial score (nSPS) is 28.1. The number of methoxy groups -OCH3 is 1. The molecule has 3 rings (SSSR count). The van der Waals surface area contributed by atoms with E-state index >= 15 is 0 Å². The first-order valence-electron chi connectivity index (χ1n) is 8.37. The molecule has 0 bridgehead atoms. The summed E-state index contributed by atoms with van der Waals surface area (Å²) in [6.45, 7) is 0. The molecule has 2 fully saturated rings. The minimum Gasteiger partial charge on any atom is -0.497 e. The molecule has 9 nitrogen and oxygen atoms in total. The van der Waals surface area contributed by atoms with E-state index in [1.54, 1.807) is 14.2 Å². The number of carboxylic acid groups (broad SMARTS) is 1. The van der Waals surface area contributed by atoms with E-state index in [9.17, 15) is 14.4 Å². The average molecular weight is 394 g/mol. The van der Waals surface area contributed by atoms with Crippen molar-refractivity contribution in [2.75, 3.05) is 27.0 Å². The van der Waals surface area contributed by atoms with Crippen molar-refractivity contribution < 1.29 is 24.2 Å². The molecule has 1 aromatic rings. The van der Waals surface area contributed by atoms with Gasteiger partial charge in [-0.1, -0.05) is 12.1 Å². The van der Waals surface area contributed by atoms with Crippen LogP contribution in [0.5, 0.6) is 5.75 Å². The molecule has 2 heterocycles. The van der Waals surface area contributed by atoms with Gasteiger partial charge >= 0.3 is 12.0 Å². The Bertz CT molecular complexity index is 743. The van der Waals surface area contributed by atoms with Gasteiger partial charge in [-0.2, -0.15) is 0 Å². The fourth-order valence-corrected chi connectivity index (χ4v) is 4.38. The summed E-state index contributed by atoms with van der Waals surface area (Å²) in [5.74, 6) is -1.33. The van der Waals surface area contributed by atoms with Gasteiger partial charge in [0.05, 0.1) is 36.5 Å². The number of urea groups is 1. The molecule has 4 atom stereocenters. The number of nitrogens with one attached hydrogen (secondary N) is 2. The zero-order valence-corrected chi connectivity index (χ0v) is 16.0. The van der Waals surface area contributed by atoms with E-state index in [2.05, 4.69) is 10.6 Å². The summed E-state index contributed by atoms with van der Waals surface area (Å²) in [4.78, 5) is 38.7. The minimum atomic E-state index is -0.959. The zero-order chi connectivity index (χ0) is 19.7. The van der Waals surface area contributed by atoms with Crippen LogP contribution < -0.4 is 15.4 Å². The molecule has 146 valence electrons. The largest absolute Gasteiger partial charge is 0.497 e. The van der Waals surface area contributed by atoms with Crippen LogP contribution in [0.25, 0.3) is 0 Å². The van der Waals surface area contributed by atoms with Crippen molar-refractivity contribution in [1.82, 2.24) is 20.4 Å². The molecule has 0 aliphatic carbocycles. The smallest absolute Gasteiger partial charge is 0.327 e. The fraction of sp³-hybridized carbons (Fsp3) is 0.471. The second-order valence-electron chi connectivity index (χ2n) is 6.43. The van der Waals surface area contributed by atoms with Gasteiger partial charge in [-0.05, 0) is 17.7 Å². The number of rotatable bonds is 5. The van der Waals surface area contributed by atoms with Crippen molar-refractivity contribution in [3.8, 4) is 5.75 Å². The van der Waals surface area contributed by atoms with E-state index in [0.717, 1.165) is 22.2 Å². The molecule has 2 aliphatic rings. The maximum atomic E-state index is 12.7. The number of thioether (sulfide) groups is 1. The highest BCUT2D eigenvalue weighted by Gasteiger charge is 2.51. The van der Waals surface area contributed by atoms with Crippen molar-refractivity contribution in [3.63, 3.8) is 0 Å². The summed E-state index contributed by atoms with van der Waals surface area (Å²) in [5, 5.41) is 15.2. The molecule has 10 heteroatoms. The van der Waals surface area contributed by atoms with Gasteiger partial charge < -0.3 is 14.7 Å². The summed E-state index contributed by atoms with van der Waals surface area (Å²) >= 11 is 1.15. The number of carbonyl (C=O) groups is 3. The summed E-state index contributed by atoms with van der Waals surface area (Å²) in [5.41, 5.74) is 0.891. The summed E-state index contributed by atoms with van der Waals surface area (Å²) < 4.78 is 5.17. The zero-order valence-electron chi connectivity index (χ0n) is 15.2. The van der Waals surface area contributed by atoms with Gasteiger partial charge in [0.25, 0.3) is 0 Å². The van der Waals surface area contributed by atoms with Crippen molar-refractivity contribution in [1.29, 1.82) is 0 Å². The lowest BCUT2D eigenvalue weighted by molar-refractivity contribution is -0.140. The molecule has 0 aromatic heterocycles. The molecule has 3 amide bonds. The number of benzene rings is 1. The number of ether oxygens (including phenoxy) is 1. The van der Waals surface area contributed by atoms with Crippen LogP contribution in [0.1, 0.15) is 11.7 Å². The van der Waals surface area contributed by atoms with Crippen LogP contribution in [0.2, 0.25) is 0 Å². The highest BCUT2D eigenvalue weighted by atomic mass is 32.2. The Labute approximate surface area is 161 Å². The number of nitrogens with zero attached hydrogens (tertiary/aromatic N) is 2. The quantitative estimate of drug-likeness (QED) is 0.662. The third kappa shape index (κ3) is 3.73. The second-order valence-corrected chi connectivity index (χ2v) is 7.56. The maximum Gasteiger partial charge on any atom is 0.327 e. The monoisotopic (exact) mass is 394 g/mol. The van der Waals surface area contributed by atoms with Gasteiger partial charge in [0.2, 0.25) is 5.91 Å². The number of fused-ring (bicyclic) bond motifs is 1. The average Bonchev–Trinajstić information content (AvgIpc) is 2.68. The fourth-order valence-electron chi connectivity index (χ4n) is 3.35. The van der Waals surface area contributed by atoms with Crippen LogP contribution in [-0.2, 0) is 9.59 Å². The SMILES string of the molecule is COc1ccc(C2NC(SCC(=O)O)C3C(=O)N(C)C(=O)N(C)C3N2)cc1. The molecule has 27 heavy (non-hydrogen) atoms.